The first-order valence-corrected chi connectivity index (χ1v) is 5.64. The minimum Gasteiger partial charge on any atom is -0.435 e. The van der Waals surface area contributed by atoms with E-state index in [9.17, 15) is 13.6 Å². The summed E-state index contributed by atoms with van der Waals surface area (Å²) in [7, 11) is 0. The molecule has 3 nitrogen and oxygen atoms in total. The van der Waals surface area contributed by atoms with Crippen molar-refractivity contribution in [3.05, 3.63) is 24.3 Å². The van der Waals surface area contributed by atoms with E-state index in [0.717, 1.165) is 0 Å². The van der Waals surface area contributed by atoms with Gasteiger partial charge in [0.2, 0.25) is 5.91 Å². The maximum atomic E-state index is 11.8. The molecule has 0 aromatic heterocycles. The number of anilines is 1. The Bertz CT molecular complexity index is 343. The summed E-state index contributed by atoms with van der Waals surface area (Å²) in [6.07, 6.45) is 0.356. The smallest absolute Gasteiger partial charge is 0.387 e. The molecule has 0 saturated heterocycles. The predicted octanol–water partition coefficient (Wildman–Crippen LogP) is 3.01. The fourth-order valence-corrected chi connectivity index (χ4v) is 1.39. The number of nitrogens with one attached hydrogen (secondary N) is 1. The van der Waals surface area contributed by atoms with Crippen LogP contribution in [0.3, 0.4) is 0 Å². The van der Waals surface area contributed by atoms with Crippen LogP contribution in [0.15, 0.2) is 24.3 Å². The summed E-state index contributed by atoms with van der Waals surface area (Å²) in [6, 6.07) is 5.75. The summed E-state index contributed by atoms with van der Waals surface area (Å²) in [6.45, 7) is -2.84. The van der Waals surface area contributed by atoms with Gasteiger partial charge in [-0.3, -0.25) is 4.79 Å². The molecule has 0 bridgehead atoms. The zero-order chi connectivity index (χ0) is 12.0. The lowest BCUT2D eigenvalue weighted by molar-refractivity contribution is -0.115. The molecule has 1 N–H and O–H groups in total. The number of amides is 1. The molecule has 0 aliphatic heterocycles. The number of ether oxygens (including phenoxy) is 1. The highest BCUT2D eigenvalue weighted by atomic mass is 79.9. The third kappa shape index (κ3) is 4.57. The number of rotatable bonds is 5. The van der Waals surface area contributed by atoms with Crippen LogP contribution in [-0.4, -0.2) is 17.8 Å². The fraction of sp³-hybridized carbons (Fsp3) is 0.300. The molecule has 0 heterocycles. The predicted molar refractivity (Wildman–Crippen MR) is 60.1 cm³/mol. The molecule has 1 aromatic carbocycles. The Hall–Kier alpha value is -1.17. The Labute approximate surface area is 99.9 Å². The number of hydrogen-bond acceptors (Lipinski definition) is 2. The Balaban J connectivity index is 2.54. The molecule has 0 unspecified atom stereocenters. The molecule has 88 valence electrons. The van der Waals surface area contributed by atoms with Crippen LogP contribution in [-0.2, 0) is 4.79 Å². The first-order chi connectivity index (χ1) is 7.61. The fourth-order valence-electron chi connectivity index (χ4n) is 1.03. The van der Waals surface area contributed by atoms with Crippen molar-refractivity contribution in [1.82, 2.24) is 0 Å². The first kappa shape index (κ1) is 12.9. The normalized spacial score (nSPS) is 10.2. The van der Waals surface area contributed by atoms with Gasteiger partial charge < -0.3 is 10.1 Å². The van der Waals surface area contributed by atoms with Gasteiger partial charge in [0.15, 0.2) is 0 Å². The molecule has 0 fully saturated rings. The van der Waals surface area contributed by atoms with Crippen molar-refractivity contribution in [2.75, 3.05) is 10.6 Å². The Morgan fingerprint density at radius 1 is 1.38 bits per heavy atom. The standard InChI is InChI=1S/C10H10BrF2NO2/c11-6-5-9(15)14-7-1-3-8(4-2-7)16-10(12)13/h1-4,10H,5-6H2,(H,14,15). The van der Waals surface area contributed by atoms with Crippen molar-refractivity contribution in [2.24, 2.45) is 0 Å². The van der Waals surface area contributed by atoms with Crippen molar-refractivity contribution in [3.63, 3.8) is 0 Å². The molecule has 1 rings (SSSR count). The van der Waals surface area contributed by atoms with E-state index in [1.165, 1.54) is 24.3 Å². The quantitative estimate of drug-likeness (QED) is 0.848. The molecular weight excluding hydrogens is 284 g/mol. The minimum absolute atomic E-state index is 0.0634. The number of halogens is 3. The van der Waals surface area contributed by atoms with Gasteiger partial charge in [0.05, 0.1) is 0 Å². The lowest BCUT2D eigenvalue weighted by Crippen LogP contribution is -2.11. The molecule has 0 aliphatic rings. The van der Waals surface area contributed by atoms with E-state index in [1.54, 1.807) is 0 Å². The van der Waals surface area contributed by atoms with Crippen LogP contribution < -0.4 is 10.1 Å². The van der Waals surface area contributed by atoms with E-state index in [2.05, 4.69) is 26.0 Å². The van der Waals surface area contributed by atoms with Gasteiger partial charge in [0.1, 0.15) is 5.75 Å². The van der Waals surface area contributed by atoms with E-state index >= 15 is 0 Å². The lowest BCUT2D eigenvalue weighted by atomic mass is 10.3. The molecule has 16 heavy (non-hydrogen) atoms. The van der Waals surface area contributed by atoms with E-state index in [0.29, 0.717) is 17.4 Å². The second-order valence-electron chi connectivity index (χ2n) is 2.89. The highest BCUT2D eigenvalue weighted by Crippen LogP contribution is 2.17. The number of carbonyl (C=O) groups is 1. The largest absolute Gasteiger partial charge is 0.435 e. The lowest BCUT2D eigenvalue weighted by Gasteiger charge is -2.06. The SMILES string of the molecule is O=C(CCBr)Nc1ccc(OC(F)F)cc1. The molecule has 0 saturated carbocycles. The number of carbonyl (C=O) groups excluding carboxylic acids is 1. The molecule has 0 aliphatic carbocycles. The van der Waals surface area contributed by atoms with Crippen LogP contribution >= 0.6 is 15.9 Å². The van der Waals surface area contributed by atoms with Crippen molar-refractivity contribution in [1.29, 1.82) is 0 Å². The van der Waals surface area contributed by atoms with Crippen LogP contribution in [0.25, 0.3) is 0 Å². The summed E-state index contributed by atoms with van der Waals surface area (Å²) in [5, 5.41) is 3.19. The van der Waals surface area contributed by atoms with Crippen LogP contribution in [0.5, 0.6) is 5.75 Å². The second kappa shape index (κ2) is 6.42. The summed E-state index contributed by atoms with van der Waals surface area (Å²) >= 11 is 3.14. The molecule has 6 heteroatoms. The van der Waals surface area contributed by atoms with Crippen LogP contribution in [0, 0.1) is 0 Å². The highest BCUT2D eigenvalue weighted by molar-refractivity contribution is 9.09. The van der Waals surface area contributed by atoms with E-state index in [4.69, 9.17) is 0 Å². The third-order valence-corrected chi connectivity index (χ3v) is 2.08. The van der Waals surface area contributed by atoms with Crippen molar-refractivity contribution >= 4 is 27.5 Å². The number of benzene rings is 1. The maximum absolute atomic E-state index is 11.8. The Kier molecular flexibility index (Phi) is 5.18. The Morgan fingerprint density at radius 2 is 2.00 bits per heavy atom. The topological polar surface area (TPSA) is 38.3 Å². The number of hydrogen-bond donors (Lipinski definition) is 1. The zero-order valence-electron chi connectivity index (χ0n) is 8.25. The maximum Gasteiger partial charge on any atom is 0.387 e. The minimum atomic E-state index is -2.84. The molecule has 1 aromatic rings. The van der Waals surface area contributed by atoms with Crippen LogP contribution in [0.2, 0.25) is 0 Å². The van der Waals surface area contributed by atoms with Gasteiger partial charge in [0, 0.05) is 17.4 Å². The Morgan fingerprint density at radius 3 is 2.50 bits per heavy atom. The molecule has 0 atom stereocenters. The van der Waals surface area contributed by atoms with Gasteiger partial charge in [0.25, 0.3) is 0 Å². The van der Waals surface area contributed by atoms with Gasteiger partial charge in [-0.15, -0.1) is 0 Å². The monoisotopic (exact) mass is 293 g/mol. The van der Waals surface area contributed by atoms with Gasteiger partial charge in [-0.25, -0.2) is 0 Å². The summed E-state index contributed by atoms with van der Waals surface area (Å²) < 4.78 is 27.8. The van der Waals surface area contributed by atoms with E-state index < -0.39 is 6.61 Å². The first-order valence-electron chi connectivity index (χ1n) is 4.52. The zero-order valence-corrected chi connectivity index (χ0v) is 9.84. The van der Waals surface area contributed by atoms with Gasteiger partial charge in [-0.1, -0.05) is 15.9 Å². The van der Waals surface area contributed by atoms with Crippen LogP contribution in [0.4, 0.5) is 14.5 Å². The molecule has 0 spiro atoms. The molecular formula is C10H10BrF2NO2. The van der Waals surface area contributed by atoms with E-state index in [1.807, 2.05) is 0 Å². The summed E-state index contributed by atoms with van der Waals surface area (Å²) in [5.74, 6) is -0.0760. The second-order valence-corrected chi connectivity index (χ2v) is 3.68. The van der Waals surface area contributed by atoms with Crippen molar-refractivity contribution < 1.29 is 18.3 Å². The summed E-state index contributed by atoms with van der Waals surface area (Å²) in [5.41, 5.74) is 0.549. The molecule has 0 radical (unpaired) electrons. The molecule has 1 amide bonds. The average Bonchev–Trinajstić information content (AvgIpc) is 2.20. The van der Waals surface area contributed by atoms with Gasteiger partial charge >= 0.3 is 6.61 Å². The van der Waals surface area contributed by atoms with Gasteiger partial charge in [-0.2, -0.15) is 8.78 Å². The average molecular weight is 294 g/mol. The third-order valence-electron chi connectivity index (χ3n) is 1.68. The van der Waals surface area contributed by atoms with Crippen molar-refractivity contribution in [2.45, 2.75) is 13.0 Å². The van der Waals surface area contributed by atoms with Gasteiger partial charge in [-0.05, 0) is 24.3 Å². The van der Waals surface area contributed by atoms with E-state index in [-0.39, 0.29) is 11.7 Å². The summed E-state index contributed by atoms with van der Waals surface area (Å²) in [4.78, 5) is 11.2. The van der Waals surface area contributed by atoms with Crippen LogP contribution in [0.1, 0.15) is 6.42 Å². The highest BCUT2D eigenvalue weighted by Gasteiger charge is 2.04. The number of alkyl halides is 3. The van der Waals surface area contributed by atoms with Crippen molar-refractivity contribution in [3.8, 4) is 5.75 Å².